The Morgan fingerprint density at radius 2 is 2.32 bits per heavy atom. The molecular formula is C15H20N4O3. The SMILES string of the molecule is CCn1ccnc1C(NC(=O)c1ccon1)C1CCOCC1. The average Bonchev–Trinajstić information content (AvgIpc) is 3.24. The van der Waals surface area contributed by atoms with Crippen LogP contribution >= 0.6 is 0 Å². The third-order valence-corrected chi connectivity index (χ3v) is 4.06. The van der Waals surface area contributed by atoms with Gasteiger partial charge < -0.3 is 19.1 Å². The molecule has 7 nitrogen and oxygen atoms in total. The van der Waals surface area contributed by atoms with Crippen molar-refractivity contribution in [1.29, 1.82) is 0 Å². The molecule has 2 aromatic rings. The first-order valence-electron chi connectivity index (χ1n) is 7.59. The molecule has 0 radical (unpaired) electrons. The first kappa shape index (κ1) is 14.8. The van der Waals surface area contributed by atoms with Gasteiger partial charge in [0.15, 0.2) is 5.69 Å². The highest BCUT2D eigenvalue weighted by Crippen LogP contribution is 2.29. The molecule has 1 atom stereocenters. The van der Waals surface area contributed by atoms with E-state index in [2.05, 4.69) is 26.9 Å². The predicted molar refractivity (Wildman–Crippen MR) is 78.2 cm³/mol. The molecule has 3 heterocycles. The molecule has 1 saturated heterocycles. The standard InChI is InChI=1S/C15H20N4O3/c1-2-19-7-6-16-14(19)13(11-3-8-21-9-4-11)17-15(20)12-5-10-22-18-12/h5-7,10-11,13H,2-4,8-9H2,1H3,(H,17,20). The number of carbonyl (C=O) groups excluding carboxylic acids is 1. The molecule has 0 spiro atoms. The Balaban J connectivity index is 1.84. The number of nitrogens with zero attached hydrogens (tertiary/aromatic N) is 3. The monoisotopic (exact) mass is 304 g/mol. The highest BCUT2D eigenvalue weighted by Gasteiger charge is 2.30. The second-order valence-corrected chi connectivity index (χ2v) is 5.36. The van der Waals surface area contributed by atoms with Crippen molar-refractivity contribution in [3.05, 3.63) is 36.2 Å². The quantitative estimate of drug-likeness (QED) is 0.910. The molecule has 7 heteroatoms. The molecule has 0 aliphatic carbocycles. The number of aromatic nitrogens is 3. The Kier molecular flexibility index (Phi) is 4.53. The molecule has 0 saturated carbocycles. The van der Waals surface area contributed by atoms with Crippen molar-refractivity contribution < 1.29 is 14.1 Å². The molecule has 0 bridgehead atoms. The van der Waals surface area contributed by atoms with Gasteiger partial charge in [-0.2, -0.15) is 0 Å². The normalized spacial score (nSPS) is 17.3. The Bertz CT molecular complexity index is 602. The molecule has 118 valence electrons. The minimum atomic E-state index is -0.240. The van der Waals surface area contributed by atoms with Crippen LogP contribution in [0.2, 0.25) is 0 Å². The van der Waals surface area contributed by atoms with Crippen LogP contribution in [0.15, 0.2) is 29.2 Å². The lowest BCUT2D eigenvalue weighted by Gasteiger charge is -2.30. The van der Waals surface area contributed by atoms with Crippen molar-refractivity contribution in [2.45, 2.75) is 32.4 Å². The zero-order valence-corrected chi connectivity index (χ0v) is 12.6. The Labute approximate surface area is 128 Å². The summed E-state index contributed by atoms with van der Waals surface area (Å²) in [6.45, 7) is 4.31. The van der Waals surface area contributed by atoms with Crippen LogP contribution in [-0.2, 0) is 11.3 Å². The summed E-state index contributed by atoms with van der Waals surface area (Å²) in [4.78, 5) is 16.8. The highest BCUT2D eigenvalue weighted by atomic mass is 16.5. The van der Waals surface area contributed by atoms with Crippen molar-refractivity contribution in [3.8, 4) is 0 Å². The van der Waals surface area contributed by atoms with E-state index in [0.717, 1.165) is 25.2 Å². The van der Waals surface area contributed by atoms with Crippen LogP contribution in [0.25, 0.3) is 0 Å². The van der Waals surface area contributed by atoms with Gasteiger partial charge in [0, 0.05) is 38.2 Å². The number of rotatable bonds is 5. The first-order valence-corrected chi connectivity index (χ1v) is 7.59. The highest BCUT2D eigenvalue weighted by molar-refractivity contribution is 5.92. The summed E-state index contributed by atoms with van der Waals surface area (Å²) in [5.41, 5.74) is 0.284. The number of amides is 1. The summed E-state index contributed by atoms with van der Waals surface area (Å²) < 4.78 is 12.2. The molecular weight excluding hydrogens is 284 g/mol. The average molecular weight is 304 g/mol. The minimum Gasteiger partial charge on any atom is -0.381 e. The summed E-state index contributed by atoms with van der Waals surface area (Å²) in [6.07, 6.45) is 6.91. The van der Waals surface area contributed by atoms with Gasteiger partial charge in [-0.1, -0.05) is 5.16 Å². The van der Waals surface area contributed by atoms with E-state index in [1.54, 1.807) is 12.3 Å². The number of nitrogens with one attached hydrogen (secondary N) is 1. The van der Waals surface area contributed by atoms with Gasteiger partial charge in [-0.25, -0.2) is 4.98 Å². The fourth-order valence-corrected chi connectivity index (χ4v) is 2.85. The summed E-state index contributed by atoms with van der Waals surface area (Å²) in [6, 6.07) is 1.41. The van der Waals surface area contributed by atoms with Gasteiger partial charge in [0.2, 0.25) is 0 Å². The molecule has 1 aliphatic rings. The van der Waals surface area contributed by atoms with E-state index in [1.807, 2.05) is 6.20 Å². The van der Waals surface area contributed by atoms with Crippen LogP contribution in [0.1, 0.15) is 42.1 Å². The van der Waals surface area contributed by atoms with Crippen LogP contribution in [0.3, 0.4) is 0 Å². The van der Waals surface area contributed by atoms with Crippen molar-refractivity contribution in [1.82, 2.24) is 20.0 Å². The second kappa shape index (κ2) is 6.74. The fraction of sp³-hybridized carbons (Fsp3) is 0.533. The first-order chi connectivity index (χ1) is 10.8. The number of hydrogen-bond acceptors (Lipinski definition) is 5. The number of hydrogen-bond donors (Lipinski definition) is 1. The molecule has 3 rings (SSSR count). The number of ether oxygens (including phenoxy) is 1. The van der Waals surface area contributed by atoms with Crippen LogP contribution in [0.4, 0.5) is 0 Å². The largest absolute Gasteiger partial charge is 0.381 e. The van der Waals surface area contributed by atoms with Gasteiger partial charge in [0.25, 0.3) is 5.91 Å². The lowest BCUT2D eigenvalue weighted by molar-refractivity contribution is 0.0497. The molecule has 1 aliphatic heterocycles. The van der Waals surface area contributed by atoms with E-state index < -0.39 is 0 Å². The third-order valence-electron chi connectivity index (χ3n) is 4.06. The molecule has 1 N–H and O–H groups in total. The smallest absolute Gasteiger partial charge is 0.274 e. The number of aryl methyl sites for hydroxylation is 1. The molecule has 0 aromatic carbocycles. The van der Waals surface area contributed by atoms with Gasteiger partial charge in [0.05, 0.1) is 6.04 Å². The summed E-state index contributed by atoms with van der Waals surface area (Å²) in [7, 11) is 0. The van der Waals surface area contributed by atoms with E-state index in [-0.39, 0.29) is 17.6 Å². The lowest BCUT2D eigenvalue weighted by atomic mass is 9.91. The molecule has 2 aromatic heterocycles. The van der Waals surface area contributed by atoms with Crippen LogP contribution in [0.5, 0.6) is 0 Å². The van der Waals surface area contributed by atoms with Crippen LogP contribution in [0, 0.1) is 5.92 Å². The molecule has 1 amide bonds. The van der Waals surface area contributed by atoms with E-state index in [9.17, 15) is 4.79 Å². The van der Waals surface area contributed by atoms with Crippen LogP contribution in [-0.4, -0.2) is 33.8 Å². The summed E-state index contributed by atoms with van der Waals surface area (Å²) in [5, 5.41) is 6.77. The molecule has 22 heavy (non-hydrogen) atoms. The van der Waals surface area contributed by atoms with Gasteiger partial charge in [0.1, 0.15) is 12.1 Å². The van der Waals surface area contributed by atoms with E-state index in [0.29, 0.717) is 19.1 Å². The van der Waals surface area contributed by atoms with Gasteiger partial charge >= 0.3 is 0 Å². The zero-order valence-electron chi connectivity index (χ0n) is 12.6. The van der Waals surface area contributed by atoms with Crippen molar-refractivity contribution in [2.24, 2.45) is 5.92 Å². The number of imidazole rings is 1. The zero-order chi connectivity index (χ0) is 15.4. The molecule has 1 unspecified atom stereocenters. The van der Waals surface area contributed by atoms with Crippen molar-refractivity contribution in [3.63, 3.8) is 0 Å². The maximum Gasteiger partial charge on any atom is 0.274 e. The van der Waals surface area contributed by atoms with Crippen molar-refractivity contribution in [2.75, 3.05) is 13.2 Å². The lowest BCUT2D eigenvalue weighted by Crippen LogP contribution is -2.37. The Hall–Kier alpha value is -2.15. The fourth-order valence-electron chi connectivity index (χ4n) is 2.85. The third kappa shape index (κ3) is 3.04. The van der Waals surface area contributed by atoms with E-state index in [1.165, 1.54) is 6.26 Å². The Morgan fingerprint density at radius 1 is 1.50 bits per heavy atom. The van der Waals surface area contributed by atoms with Gasteiger partial charge in [-0.3, -0.25) is 4.79 Å². The second-order valence-electron chi connectivity index (χ2n) is 5.36. The summed E-state index contributed by atoms with van der Waals surface area (Å²) in [5.74, 6) is 0.944. The minimum absolute atomic E-state index is 0.150. The van der Waals surface area contributed by atoms with Crippen LogP contribution < -0.4 is 5.32 Å². The summed E-state index contributed by atoms with van der Waals surface area (Å²) >= 11 is 0. The maximum atomic E-state index is 12.4. The van der Waals surface area contributed by atoms with Gasteiger partial charge in [-0.05, 0) is 25.7 Å². The van der Waals surface area contributed by atoms with Gasteiger partial charge in [-0.15, -0.1) is 0 Å². The topological polar surface area (TPSA) is 82.2 Å². The van der Waals surface area contributed by atoms with E-state index >= 15 is 0 Å². The van der Waals surface area contributed by atoms with Crippen molar-refractivity contribution >= 4 is 5.91 Å². The predicted octanol–water partition coefficient (Wildman–Crippen LogP) is 1.79. The maximum absolute atomic E-state index is 12.4. The Morgan fingerprint density at radius 3 is 3.00 bits per heavy atom. The van der Waals surface area contributed by atoms with E-state index in [4.69, 9.17) is 9.26 Å². The number of carbonyl (C=O) groups is 1. The molecule has 1 fully saturated rings.